The molecular weight excluding hydrogens is 266 g/mol. The molecule has 0 radical (unpaired) electrons. The summed E-state index contributed by atoms with van der Waals surface area (Å²) in [6, 6.07) is 7.17. The maximum absolute atomic E-state index is 11.8. The van der Waals surface area contributed by atoms with E-state index in [1.807, 2.05) is 6.07 Å². The van der Waals surface area contributed by atoms with Gasteiger partial charge in [-0.05, 0) is 37.1 Å². The number of halogens is 1. The molecule has 4 nitrogen and oxygen atoms in total. The Morgan fingerprint density at radius 2 is 2.05 bits per heavy atom. The molecule has 0 saturated heterocycles. The molecular formula is C14H18ClNO3. The van der Waals surface area contributed by atoms with E-state index in [1.54, 1.807) is 32.0 Å². The Labute approximate surface area is 117 Å². The van der Waals surface area contributed by atoms with Gasteiger partial charge in [0.05, 0.1) is 18.8 Å². The number of carbonyl (C=O) groups is 1. The number of allylic oxidation sites excluding steroid dienone is 1. The van der Waals surface area contributed by atoms with Gasteiger partial charge < -0.3 is 15.5 Å². The average Bonchev–Trinajstić information content (AvgIpc) is 2.38. The Hall–Kier alpha value is -1.36. The van der Waals surface area contributed by atoms with E-state index >= 15 is 0 Å². The van der Waals surface area contributed by atoms with Crippen molar-refractivity contribution < 1.29 is 15.0 Å². The summed E-state index contributed by atoms with van der Waals surface area (Å²) in [6.07, 6.45) is 1.41. The molecule has 1 aromatic rings. The SMILES string of the molecule is C/C(=C\C(=O)NC(C)(CO)CO)c1cccc(Cl)c1. The topological polar surface area (TPSA) is 69.6 Å². The van der Waals surface area contributed by atoms with Crippen LogP contribution in [0.25, 0.3) is 5.57 Å². The smallest absolute Gasteiger partial charge is 0.244 e. The molecule has 1 aromatic carbocycles. The molecule has 0 aliphatic rings. The first kappa shape index (κ1) is 15.7. The maximum Gasteiger partial charge on any atom is 0.244 e. The van der Waals surface area contributed by atoms with Gasteiger partial charge in [0.1, 0.15) is 0 Å². The van der Waals surface area contributed by atoms with Crippen molar-refractivity contribution in [2.24, 2.45) is 0 Å². The molecule has 19 heavy (non-hydrogen) atoms. The highest BCUT2D eigenvalue weighted by molar-refractivity contribution is 6.30. The molecule has 0 spiro atoms. The molecule has 5 heteroatoms. The lowest BCUT2D eigenvalue weighted by molar-refractivity contribution is -0.119. The van der Waals surface area contributed by atoms with E-state index in [0.29, 0.717) is 5.02 Å². The molecule has 1 rings (SSSR count). The summed E-state index contributed by atoms with van der Waals surface area (Å²) < 4.78 is 0. The molecule has 0 heterocycles. The van der Waals surface area contributed by atoms with Crippen LogP contribution in [0.1, 0.15) is 19.4 Å². The molecule has 0 saturated carbocycles. The van der Waals surface area contributed by atoms with E-state index in [1.165, 1.54) is 6.08 Å². The second-order valence-electron chi connectivity index (χ2n) is 4.70. The molecule has 3 N–H and O–H groups in total. The third-order valence-corrected chi connectivity index (χ3v) is 2.99. The highest BCUT2D eigenvalue weighted by Gasteiger charge is 2.23. The van der Waals surface area contributed by atoms with Gasteiger partial charge in [-0.15, -0.1) is 0 Å². The summed E-state index contributed by atoms with van der Waals surface area (Å²) in [4.78, 5) is 11.8. The van der Waals surface area contributed by atoms with Crippen LogP contribution >= 0.6 is 11.6 Å². The van der Waals surface area contributed by atoms with E-state index in [0.717, 1.165) is 11.1 Å². The van der Waals surface area contributed by atoms with Crippen molar-refractivity contribution in [2.45, 2.75) is 19.4 Å². The Bertz CT molecular complexity index is 481. The average molecular weight is 284 g/mol. The summed E-state index contributed by atoms with van der Waals surface area (Å²) in [5.74, 6) is -0.372. The van der Waals surface area contributed by atoms with Crippen molar-refractivity contribution in [3.8, 4) is 0 Å². The summed E-state index contributed by atoms with van der Waals surface area (Å²) in [5, 5.41) is 21.4. The van der Waals surface area contributed by atoms with Crippen LogP contribution in [0.3, 0.4) is 0 Å². The predicted molar refractivity (Wildman–Crippen MR) is 75.8 cm³/mol. The summed E-state index contributed by atoms with van der Waals surface area (Å²) >= 11 is 5.88. The molecule has 0 aromatic heterocycles. The molecule has 0 bridgehead atoms. The molecule has 0 aliphatic heterocycles. The van der Waals surface area contributed by atoms with Gasteiger partial charge in [0.2, 0.25) is 5.91 Å². The number of aliphatic hydroxyl groups is 2. The minimum atomic E-state index is -1.03. The van der Waals surface area contributed by atoms with Gasteiger partial charge in [0, 0.05) is 11.1 Å². The predicted octanol–water partition coefficient (Wildman–Crippen LogP) is 1.60. The van der Waals surface area contributed by atoms with Crippen LogP contribution in [-0.4, -0.2) is 34.9 Å². The van der Waals surface area contributed by atoms with Crippen LogP contribution in [0.5, 0.6) is 0 Å². The lowest BCUT2D eigenvalue weighted by Gasteiger charge is -2.25. The Morgan fingerprint density at radius 3 is 2.58 bits per heavy atom. The largest absolute Gasteiger partial charge is 0.394 e. The Morgan fingerprint density at radius 1 is 1.42 bits per heavy atom. The number of hydrogen-bond acceptors (Lipinski definition) is 3. The monoisotopic (exact) mass is 283 g/mol. The molecule has 0 unspecified atom stereocenters. The fourth-order valence-corrected chi connectivity index (χ4v) is 1.67. The number of rotatable bonds is 5. The summed E-state index contributed by atoms with van der Waals surface area (Å²) in [6.45, 7) is 2.69. The van der Waals surface area contributed by atoms with Crippen molar-refractivity contribution in [1.82, 2.24) is 5.32 Å². The highest BCUT2D eigenvalue weighted by Crippen LogP contribution is 2.18. The van der Waals surface area contributed by atoms with E-state index in [-0.39, 0.29) is 19.1 Å². The highest BCUT2D eigenvalue weighted by atomic mass is 35.5. The van der Waals surface area contributed by atoms with Gasteiger partial charge in [0.15, 0.2) is 0 Å². The zero-order chi connectivity index (χ0) is 14.5. The van der Waals surface area contributed by atoms with Gasteiger partial charge in [-0.25, -0.2) is 0 Å². The first-order valence-corrected chi connectivity index (χ1v) is 6.26. The van der Waals surface area contributed by atoms with Gasteiger partial charge in [0.25, 0.3) is 0 Å². The number of hydrogen-bond donors (Lipinski definition) is 3. The van der Waals surface area contributed by atoms with Crippen molar-refractivity contribution >= 4 is 23.1 Å². The number of benzene rings is 1. The fraction of sp³-hybridized carbons (Fsp3) is 0.357. The summed E-state index contributed by atoms with van der Waals surface area (Å²) in [5.41, 5.74) is 0.568. The van der Waals surface area contributed by atoms with Crippen LogP contribution in [0.2, 0.25) is 5.02 Å². The number of nitrogens with one attached hydrogen (secondary N) is 1. The Kier molecular flexibility index (Phi) is 5.54. The molecule has 0 aliphatic carbocycles. The van der Waals surface area contributed by atoms with Crippen molar-refractivity contribution in [2.75, 3.05) is 13.2 Å². The number of carbonyl (C=O) groups excluding carboxylic acids is 1. The van der Waals surface area contributed by atoms with Crippen molar-refractivity contribution in [1.29, 1.82) is 0 Å². The van der Waals surface area contributed by atoms with Gasteiger partial charge >= 0.3 is 0 Å². The van der Waals surface area contributed by atoms with Crippen molar-refractivity contribution in [3.63, 3.8) is 0 Å². The molecule has 1 amide bonds. The van der Waals surface area contributed by atoms with Crippen LogP contribution < -0.4 is 5.32 Å². The lowest BCUT2D eigenvalue weighted by atomic mass is 10.0. The normalized spacial score (nSPS) is 12.4. The number of amides is 1. The molecule has 0 fully saturated rings. The van der Waals surface area contributed by atoms with Crippen LogP contribution in [0, 0.1) is 0 Å². The second-order valence-corrected chi connectivity index (χ2v) is 5.14. The maximum atomic E-state index is 11.8. The molecule has 0 atom stereocenters. The third kappa shape index (κ3) is 4.67. The first-order valence-electron chi connectivity index (χ1n) is 5.88. The fourth-order valence-electron chi connectivity index (χ4n) is 1.48. The van der Waals surface area contributed by atoms with Gasteiger partial charge in [-0.2, -0.15) is 0 Å². The lowest BCUT2D eigenvalue weighted by Crippen LogP contribution is -2.51. The quantitative estimate of drug-likeness (QED) is 0.719. The van der Waals surface area contributed by atoms with Crippen LogP contribution in [0.15, 0.2) is 30.3 Å². The van der Waals surface area contributed by atoms with Crippen LogP contribution in [-0.2, 0) is 4.79 Å². The third-order valence-electron chi connectivity index (χ3n) is 2.75. The van der Waals surface area contributed by atoms with Gasteiger partial charge in [-0.1, -0.05) is 23.7 Å². The second kappa shape index (κ2) is 6.70. The minimum Gasteiger partial charge on any atom is -0.394 e. The number of aliphatic hydroxyl groups excluding tert-OH is 2. The van der Waals surface area contributed by atoms with Crippen molar-refractivity contribution in [3.05, 3.63) is 40.9 Å². The summed E-state index contributed by atoms with van der Waals surface area (Å²) in [7, 11) is 0. The van der Waals surface area contributed by atoms with E-state index in [2.05, 4.69) is 5.32 Å². The zero-order valence-electron chi connectivity index (χ0n) is 11.0. The standard InChI is InChI=1S/C14H18ClNO3/c1-10(11-4-3-5-12(15)7-11)6-13(19)16-14(2,8-17)9-18/h3-7,17-18H,8-9H2,1-2H3,(H,16,19)/b10-6+. The zero-order valence-corrected chi connectivity index (χ0v) is 11.7. The molecule has 104 valence electrons. The Balaban J connectivity index is 2.82. The van der Waals surface area contributed by atoms with E-state index in [9.17, 15) is 4.79 Å². The van der Waals surface area contributed by atoms with E-state index in [4.69, 9.17) is 21.8 Å². The minimum absolute atomic E-state index is 0.334. The first-order chi connectivity index (χ1) is 8.90. The van der Waals surface area contributed by atoms with Gasteiger partial charge in [-0.3, -0.25) is 4.79 Å². The van der Waals surface area contributed by atoms with Crippen LogP contribution in [0.4, 0.5) is 0 Å². The van der Waals surface area contributed by atoms with E-state index < -0.39 is 5.54 Å².